The van der Waals surface area contributed by atoms with Gasteiger partial charge in [-0.05, 0) is 69.9 Å². The van der Waals surface area contributed by atoms with Crippen LogP contribution in [-0.4, -0.2) is 128 Å². The van der Waals surface area contributed by atoms with Crippen LogP contribution in [0.3, 0.4) is 0 Å². The minimum Gasteiger partial charge on any atom is -0.474 e. The van der Waals surface area contributed by atoms with E-state index in [0.29, 0.717) is 124 Å². The van der Waals surface area contributed by atoms with E-state index in [-0.39, 0.29) is 42.1 Å². The molecule has 0 bridgehead atoms. The van der Waals surface area contributed by atoms with Crippen LogP contribution in [0.25, 0.3) is 21.8 Å². The van der Waals surface area contributed by atoms with Crippen molar-refractivity contribution in [1.29, 1.82) is 0 Å². The minimum absolute atomic E-state index is 0.0565. The molecule has 2 aliphatic heterocycles. The van der Waals surface area contributed by atoms with Gasteiger partial charge in [0, 0.05) is 101 Å². The average Bonchev–Trinajstić information content (AvgIpc) is 4.11. The monoisotopic (exact) mass is 912 g/mol. The predicted molar refractivity (Wildman–Crippen MR) is 247 cm³/mol. The summed E-state index contributed by atoms with van der Waals surface area (Å²) in [6.07, 6.45) is 19.3. The second-order valence-corrected chi connectivity index (χ2v) is 17.7. The number of hydrogen-bond donors (Lipinski definition) is 2. The molecule has 350 valence electrons. The third-order valence-electron chi connectivity index (χ3n) is 13.4. The quantitative estimate of drug-likeness (QED) is 0.155. The number of rotatable bonds is 13. The number of imidazole rings is 2. The summed E-state index contributed by atoms with van der Waals surface area (Å²) in [5.74, 6) is 0.832. The van der Waals surface area contributed by atoms with E-state index in [9.17, 15) is 14.4 Å². The summed E-state index contributed by atoms with van der Waals surface area (Å²) in [5.41, 5.74) is 1.94. The van der Waals surface area contributed by atoms with Crippen LogP contribution < -0.4 is 29.9 Å². The lowest BCUT2D eigenvalue weighted by Crippen LogP contribution is -2.38. The summed E-state index contributed by atoms with van der Waals surface area (Å²) in [5, 5.41) is 6.75. The summed E-state index contributed by atoms with van der Waals surface area (Å²) in [6.45, 7) is 7.45. The summed E-state index contributed by atoms with van der Waals surface area (Å²) < 4.78 is 28.9. The van der Waals surface area contributed by atoms with E-state index in [2.05, 4.69) is 40.0 Å². The molecule has 3 amide bonds. The first-order chi connectivity index (χ1) is 32.8. The molecule has 2 aliphatic carbocycles. The summed E-state index contributed by atoms with van der Waals surface area (Å²) in [4.78, 5) is 73.1. The molecule has 10 rings (SSSR count). The van der Waals surface area contributed by atoms with Gasteiger partial charge in [0.1, 0.15) is 23.8 Å². The number of morpholine rings is 2. The van der Waals surface area contributed by atoms with Gasteiger partial charge in [0.05, 0.1) is 72.0 Å². The zero-order chi connectivity index (χ0) is 45.7. The Balaban J connectivity index is 0.871. The molecule has 1 unspecified atom stereocenters. The molecule has 0 aromatic carbocycles. The molecule has 8 heterocycles. The molecule has 3 atom stereocenters. The number of carbonyl (C=O) groups is 3. The summed E-state index contributed by atoms with van der Waals surface area (Å²) >= 11 is 0. The van der Waals surface area contributed by atoms with Crippen molar-refractivity contribution in [2.45, 2.75) is 82.6 Å². The van der Waals surface area contributed by atoms with Crippen molar-refractivity contribution in [1.82, 2.24) is 49.7 Å². The maximum atomic E-state index is 14.0. The number of anilines is 2. The van der Waals surface area contributed by atoms with Crippen molar-refractivity contribution in [2.75, 3.05) is 69.0 Å². The lowest BCUT2D eigenvalue weighted by Gasteiger charge is -2.36. The molecule has 19 heteroatoms. The number of aromatic nitrogens is 8. The van der Waals surface area contributed by atoms with E-state index >= 15 is 0 Å². The van der Waals surface area contributed by atoms with Crippen LogP contribution in [0.2, 0.25) is 0 Å². The van der Waals surface area contributed by atoms with Gasteiger partial charge in [0.15, 0.2) is 0 Å². The highest BCUT2D eigenvalue weighted by Crippen LogP contribution is 2.40. The zero-order valence-corrected chi connectivity index (χ0v) is 37.7. The number of carbonyl (C=O) groups excluding carboxylic acids is 3. The zero-order valence-electron chi connectivity index (χ0n) is 37.7. The smallest absolute Gasteiger partial charge is 0.259 e. The lowest BCUT2D eigenvalue weighted by atomic mass is 9.80. The second kappa shape index (κ2) is 20.0. The minimum atomic E-state index is -0.558. The average molecular weight is 913 g/mol. The van der Waals surface area contributed by atoms with Crippen molar-refractivity contribution in [3.8, 4) is 11.8 Å². The Bertz CT molecular complexity index is 2680. The Hall–Kier alpha value is -6.73. The molecule has 6 aromatic rings. The molecule has 6 aromatic heterocycles. The van der Waals surface area contributed by atoms with Crippen molar-refractivity contribution >= 4 is 51.2 Å². The summed E-state index contributed by atoms with van der Waals surface area (Å²) in [6, 6.07) is 7.64. The van der Waals surface area contributed by atoms with Crippen LogP contribution in [-0.2, 0) is 14.3 Å². The number of imide groups is 1. The first-order valence-corrected chi connectivity index (χ1v) is 23.5. The van der Waals surface area contributed by atoms with Crippen LogP contribution >= 0.6 is 0 Å². The van der Waals surface area contributed by atoms with Gasteiger partial charge >= 0.3 is 0 Å². The molecule has 4 fully saturated rings. The highest BCUT2D eigenvalue weighted by molar-refractivity contribution is 6.06. The van der Waals surface area contributed by atoms with Gasteiger partial charge in [-0.1, -0.05) is 0 Å². The van der Waals surface area contributed by atoms with E-state index in [0.717, 1.165) is 37.3 Å². The molecule has 2 N–H and O–H groups in total. The molecule has 0 spiro atoms. The van der Waals surface area contributed by atoms with E-state index in [1.165, 1.54) is 6.20 Å². The number of hydrogen-bond acceptors (Lipinski definition) is 15. The molecule has 4 aliphatic rings. The fourth-order valence-corrected chi connectivity index (χ4v) is 9.90. The Kier molecular flexibility index (Phi) is 13.2. The number of nitrogens with zero attached hydrogens (tertiary/aromatic N) is 10. The van der Waals surface area contributed by atoms with Gasteiger partial charge in [-0.15, -0.1) is 0 Å². The maximum absolute atomic E-state index is 14.0. The fraction of sp³-hybridized carbons (Fsp3) is 0.479. The summed E-state index contributed by atoms with van der Waals surface area (Å²) in [7, 11) is 0. The van der Waals surface area contributed by atoms with Gasteiger partial charge in [-0.3, -0.25) is 29.7 Å². The van der Waals surface area contributed by atoms with Crippen LogP contribution in [0, 0.1) is 5.92 Å². The van der Waals surface area contributed by atoms with Gasteiger partial charge in [0.2, 0.25) is 17.7 Å². The van der Waals surface area contributed by atoms with Gasteiger partial charge in [-0.2, -0.15) is 9.97 Å². The molecular formula is C48H56N12O7. The molecule has 67 heavy (non-hydrogen) atoms. The molecule has 2 saturated heterocycles. The van der Waals surface area contributed by atoms with E-state index in [4.69, 9.17) is 33.9 Å². The highest BCUT2D eigenvalue weighted by Gasteiger charge is 2.35. The molecular weight excluding hydrogens is 857 g/mol. The van der Waals surface area contributed by atoms with E-state index < -0.39 is 11.8 Å². The standard InChI is InChI=1S/C48H56N12O7/c1-2-51-45(62)32-22-37-39(52-27-32)25-43(58-15-19-65-20-16-58)55-48(37)67-36-7-8-41(60-12-10-50-30-60)31(21-36)24-44(61)56-46(63)33-23-38-40(53-28-33)26-42(57-13-17-64-18-14-57)54-47(38)66-35-5-3-34(4-6-35)59-11-9-49-29-59/h9-12,22-23,25-31,34-36,41H,2-8,13-21,24H2,1H3,(H,51,62)(H,56,61,63)/t31?,34?,35?,36-,41+/m1/s1. The third-order valence-corrected chi connectivity index (χ3v) is 13.4. The van der Waals surface area contributed by atoms with Crippen molar-refractivity contribution in [3.05, 3.63) is 85.2 Å². The Morgan fingerprint density at radius 1 is 0.687 bits per heavy atom. The molecule has 19 nitrogen and oxygen atoms in total. The first kappa shape index (κ1) is 44.1. The van der Waals surface area contributed by atoms with E-state index in [1.54, 1.807) is 30.9 Å². The Morgan fingerprint density at radius 3 is 1.81 bits per heavy atom. The van der Waals surface area contributed by atoms with Crippen LogP contribution in [0.1, 0.15) is 91.1 Å². The Morgan fingerprint density at radius 2 is 1.24 bits per heavy atom. The number of pyridine rings is 4. The molecule has 2 saturated carbocycles. The largest absolute Gasteiger partial charge is 0.474 e. The van der Waals surface area contributed by atoms with Crippen LogP contribution in [0.15, 0.2) is 74.1 Å². The highest BCUT2D eigenvalue weighted by atomic mass is 16.5. The predicted octanol–water partition coefficient (Wildman–Crippen LogP) is 5.09. The van der Waals surface area contributed by atoms with E-state index in [1.807, 2.05) is 48.5 Å². The topological polar surface area (TPSA) is 206 Å². The number of amides is 3. The van der Waals surface area contributed by atoms with Gasteiger partial charge < -0.3 is 43.2 Å². The maximum Gasteiger partial charge on any atom is 0.259 e. The first-order valence-electron chi connectivity index (χ1n) is 23.5. The van der Waals surface area contributed by atoms with Crippen molar-refractivity contribution in [3.63, 3.8) is 0 Å². The Labute approximate surface area is 387 Å². The number of ether oxygens (including phenoxy) is 4. The second-order valence-electron chi connectivity index (χ2n) is 17.7. The van der Waals surface area contributed by atoms with Crippen LogP contribution in [0.4, 0.5) is 11.6 Å². The van der Waals surface area contributed by atoms with Gasteiger partial charge in [-0.25, -0.2) is 9.97 Å². The van der Waals surface area contributed by atoms with Crippen molar-refractivity contribution in [2.24, 2.45) is 5.92 Å². The number of nitrogens with one attached hydrogen (secondary N) is 2. The lowest BCUT2D eigenvalue weighted by molar-refractivity contribution is -0.122. The normalized spacial score (nSPS) is 22.4. The SMILES string of the molecule is CCNC(=O)c1cnc2cc(N3CCOCC3)nc(O[C@@H]3CC[C@H](n4ccnc4)C(CC(=O)NC(=O)c4cnc5cc(N6CCOCC6)nc(OC6CCC(n7ccnc7)CC6)c5c4)C3)c2c1. The van der Waals surface area contributed by atoms with Crippen molar-refractivity contribution < 1.29 is 33.3 Å². The number of fused-ring (bicyclic) bond motifs is 2. The fourth-order valence-electron chi connectivity index (χ4n) is 9.90. The third kappa shape index (κ3) is 10.0. The van der Waals surface area contributed by atoms with Gasteiger partial charge in [0.25, 0.3) is 11.8 Å². The van der Waals surface area contributed by atoms with Crippen LogP contribution in [0.5, 0.6) is 11.8 Å². The molecule has 0 radical (unpaired) electrons.